The molecule has 0 spiro atoms. The summed E-state index contributed by atoms with van der Waals surface area (Å²) in [6.07, 6.45) is 3.83. The normalized spacial score (nSPS) is 14.5. The molecule has 8 nitrogen and oxygen atoms in total. The van der Waals surface area contributed by atoms with Crippen LogP contribution in [0.15, 0.2) is 53.8 Å². The Balaban J connectivity index is 1.26. The zero-order chi connectivity index (χ0) is 23.5. The maximum atomic E-state index is 12.7. The molecule has 1 aliphatic heterocycles. The second-order valence-corrected chi connectivity index (χ2v) is 9.10. The van der Waals surface area contributed by atoms with Crippen LogP contribution in [0.1, 0.15) is 30.1 Å². The highest BCUT2D eigenvalue weighted by Gasteiger charge is 2.25. The number of imidazole rings is 1. The van der Waals surface area contributed by atoms with Crippen molar-refractivity contribution in [3.05, 3.63) is 54.2 Å². The fourth-order valence-electron chi connectivity index (χ4n) is 3.81. The largest absolute Gasteiger partial charge is 0.486 e. The lowest BCUT2D eigenvalue weighted by atomic mass is 10.1. The minimum atomic E-state index is -0.191. The van der Waals surface area contributed by atoms with Gasteiger partial charge in [0, 0.05) is 18.2 Å². The molecule has 2 heterocycles. The van der Waals surface area contributed by atoms with Crippen LogP contribution in [0.5, 0.6) is 11.5 Å². The van der Waals surface area contributed by atoms with Gasteiger partial charge in [-0.05, 0) is 50.1 Å². The van der Waals surface area contributed by atoms with Gasteiger partial charge in [-0.2, -0.15) is 0 Å². The Morgan fingerprint density at radius 1 is 1.12 bits per heavy atom. The van der Waals surface area contributed by atoms with Crippen LogP contribution in [0, 0.1) is 0 Å². The van der Waals surface area contributed by atoms with E-state index in [1.807, 2.05) is 31.3 Å². The number of hydrogen-bond acceptors (Lipinski definition) is 6. The molecule has 1 aliphatic carbocycles. The van der Waals surface area contributed by atoms with Crippen LogP contribution in [0.3, 0.4) is 0 Å². The van der Waals surface area contributed by atoms with Crippen LogP contribution < -0.4 is 20.1 Å². The third kappa shape index (κ3) is 4.89. The minimum absolute atomic E-state index is 0.156. The van der Waals surface area contributed by atoms with Crippen LogP contribution in [0.4, 0.5) is 5.69 Å². The van der Waals surface area contributed by atoms with Crippen LogP contribution in [0.25, 0.3) is 11.3 Å². The fourth-order valence-corrected chi connectivity index (χ4v) is 4.65. The van der Waals surface area contributed by atoms with Crippen molar-refractivity contribution in [3.63, 3.8) is 0 Å². The lowest BCUT2D eigenvalue weighted by molar-refractivity contribution is -0.113. The summed E-state index contributed by atoms with van der Waals surface area (Å²) in [5.41, 5.74) is 2.92. The van der Waals surface area contributed by atoms with Gasteiger partial charge in [-0.3, -0.25) is 9.59 Å². The number of benzene rings is 2. The summed E-state index contributed by atoms with van der Waals surface area (Å²) in [5, 5.41) is 6.60. The van der Waals surface area contributed by atoms with E-state index in [1.165, 1.54) is 11.8 Å². The van der Waals surface area contributed by atoms with Gasteiger partial charge in [0.2, 0.25) is 5.91 Å². The Hall–Kier alpha value is -3.46. The standard InChI is InChI=1S/C25H26N4O4S/c1-2-29-20(16-7-10-21-22(13-16)33-12-11-32-21)14-26-25(29)34-15-23(30)28-19-6-4-3-5-18(19)24(31)27-17-8-9-17/h3-7,10,13-14,17H,2,8-9,11-12,15H2,1H3,(H,27,31)(H,28,30). The van der Waals surface area contributed by atoms with E-state index in [4.69, 9.17) is 9.47 Å². The van der Waals surface area contributed by atoms with E-state index in [0.717, 1.165) is 40.8 Å². The van der Waals surface area contributed by atoms with Crippen molar-refractivity contribution in [3.8, 4) is 22.8 Å². The molecule has 3 aromatic rings. The van der Waals surface area contributed by atoms with Gasteiger partial charge in [0.05, 0.1) is 28.9 Å². The first-order valence-corrected chi connectivity index (χ1v) is 12.4. The highest BCUT2D eigenvalue weighted by molar-refractivity contribution is 7.99. The Bertz CT molecular complexity index is 1220. The van der Waals surface area contributed by atoms with Crippen molar-refractivity contribution in [2.24, 2.45) is 0 Å². The zero-order valence-corrected chi connectivity index (χ0v) is 19.7. The number of rotatable bonds is 8. The number of nitrogens with zero attached hydrogens (tertiary/aromatic N) is 2. The number of para-hydroxylation sites is 1. The average Bonchev–Trinajstić information content (AvgIpc) is 3.58. The number of nitrogens with one attached hydrogen (secondary N) is 2. The molecule has 34 heavy (non-hydrogen) atoms. The second kappa shape index (κ2) is 9.80. The lowest BCUT2D eigenvalue weighted by Crippen LogP contribution is -2.27. The Morgan fingerprint density at radius 3 is 2.71 bits per heavy atom. The summed E-state index contributed by atoms with van der Waals surface area (Å²) >= 11 is 1.36. The van der Waals surface area contributed by atoms with Gasteiger partial charge in [0.1, 0.15) is 13.2 Å². The molecule has 0 unspecified atom stereocenters. The molecule has 2 aliphatic rings. The number of carbonyl (C=O) groups excluding carboxylic acids is 2. The van der Waals surface area contributed by atoms with Crippen LogP contribution in [-0.4, -0.2) is 46.4 Å². The summed E-state index contributed by atoms with van der Waals surface area (Å²) in [6.45, 7) is 3.84. The molecular weight excluding hydrogens is 452 g/mol. The maximum absolute atomic E-state index is 12.7. The topological polar surface area (TPSA) is 94.5 Å². The number of fused-ring (bicyclic) bond motifs is 1. The summed E-state index contributed by atoms with van der Waals surface area (Å²) in [4.78, 5) is 29.7. The first-order valence-electron chi connectivity index (χ1n) is 11.4. The molecule has 0 saturated heterocycles. The monoisotopic (exact) mass is 478 g/mol. The molecule has 5 rings (SSSR count). The fraction of sp³-hybridized carbons (Fsp3) is 0.320. The van der Waals surface area contributed by atoms with E-state index < -0.39 is 0 Å². The Kier molecular flexibility index (Phi) is 6.44. The molecule has 176 valence electrons. The Morgan fingerprint density at radius 2 is 1.91 bits per heavy atom. The minimum Gasteiger partial charge on any atom is -0.486 e. The second-order valence-electron chi connectivity index (χ2n) is 8.16. The lowest BCUT2D eigenvalue weighted by Gasteiger charge is -2.19. The average molecular weight is 479 g/mol. The predicted molar refractivity (Wildman–Crippen MR) is 131 cm³/mol. The molecule has 9 heteroatoms. The van der Waals surface area contributed by atoms with E-state index in [9.17, 15) is 9.59 Å². The van der Waals surface area contributed by atoms with Crippen molar-refractivity contribution in [1.82, 2.24) is 14.9 Å². The van der Waals surface area contributed by atoms with Gasteiger partial charge in [-0.1, -0.05) is 23.9 Å². The highest BCUT2D eigenvalue weighted by atomic mass is 32.2. The number of aromatic nitrogens is 2. The summed E-state index contributed by atoms with van der Waals surface area (Å²) in [6, 6.07) is 13.2. The van der Waals surface area contributed by atoms with Crippen molar-refractivity contribution in [1.29, 1.82) is 0 Å². The number of amides is 2. The summed E-state index contributed by atoms with van der Waals surface area (Å²) in [7, 11) is 0. The van der Waals surface area contributed by atoms with Crippen molar-refractivity contribution >= 4 is 29.3 Å². The van der Waals surface area contributed by atoms with Crippen LogP contribution >= 0.6 is 11.8 Å². The van der Waals surface area contributed by atoms with Crippen LogP contribution in [0.2, 0.25) is 0 Å². The number of thioether (sulfide) groups is 1. The maximum Gasteiger partial charge on any atom is 0.253 e. The SMILES string of the molecule is CCn1c(-c2ccc3c(c2)OCCO3)cnc1SCC(=O)Nc1ccccc1C(=O)NC1CC1. The van der Waals surface area contributed by atoms with Crippen molar-refractivity contribution in [2.75, 3.05) is 24.3 Å². The molecule has 1 saturated carbocycles. The van der Waals surface area contributed by atoms with Crippen molar-refractivity contribution in [2.45, 2.75) is 37.5 Å². The molecular formula is C25H26N4O4S. The van der Waals surface area contributed by atoms with Gasteiger partial charge in [0.15, 0.2) is 16.7 Å². The molecule has 0 radical (unpaired) electrons. The third-order valence-corrected chi connectivity index (χ3v) is 6.65. The van der Waals surface area contributed by atoms with E-state index in [-0.39, 0.29) is 23.6 Å². The molecule has 0 atom stereocenters. The van der Waals surface area contributed by atoms with Crippen molar-refractivity contribution < 1.29 is 19.1 Å². The molecule has 2 N–H and O–H groups in total. The molecule has 2 amide bonds. The molecule has 0 bridgehead atoms. The van der Waals surface area contributed by atoms with Gasteiger partial charge < -0.3 is 24.7 Å². The third-order valence-electron chi connectivity index (χ3n) is 5.66. The highest BCUT2D eigenvalue weighted by Crippen LogP contribution is 2.35. The van der Waals surface area contributed by atoms with Gasteiger partial charge >= 0.3 is 0 Å². The molecule has 1 aromatic heterocycles. The zero-order valence-electron chi connectivity index (χ0n) is 18.9. The van der Waals surface area contributed by atoms with E-state index in [2.05, 4.69) is 20.2 Å². The predicted octanol–water partition coefficient (Wildman–Crippen LogP) is 3.96. The van der Waals surface area contributed by atoms with E-state index >= 15 is 0 Å². The molecule has 2 aromatic carbocycles. The van der Waals surface area contributed by atoms with Crippen LogP contribution in [-0.2, 0) is 11.3 Å². The number of carbonyl (C=O) groups is 2. The Labute approximate surface area is 202 Å². The summed E-state index contributed by atoms with van der Waals surface area (Å²) in [5.74, 6) is 1.30. The van der Waals surface area contributed by atoms with E-state index in [0.29, 0.717) is 31.0 Å². The van der Waals surface area contributed by atoms with Gasteiger partial charge in [-0.25, -0.2) is 4.98 Å². The summed E-state index contributed by atoms with van der Waals surface area (Å²) < 4.78 is 13.4. The first-order chi connectivity index (χ1) is 16.6. The van der Waals surface area contributed by atoms with E-state index in [1.54, 1.807) is 24.3 Å². The van der Waals surface area contributed by atoms with Gasteiger partial charge in [-0.15, -0.1) is 0 Å². The number of hydrogen-bond donors (Lipinski definition) is 2. The number of anilines is 1. The quantitative estimate of drug-likeness (QED) is 0.476. The smallest absolute Gasteiger partial charge is 0.253 e. The van der Waals surface area contributed by atoms with Gasteiger partial charge in [0.25, 0.3) is 5.91 Å². The number of ether oxygens (including phenoxy) is 2. The first kappa shape index (κ1) is 22.3. The molecule has 1 fully saturated rings.